The molecule has 0 fully saturated rings. The van der Waals surface area contributed by atoms with E-state index in [-0.39, 0.29) is 44.5 Å². The van der Waals surface area contributed by atoms with Crippen LogP contribution >= 0.6 is 0 Å². The Bertz CT molecular complexity index is 1710. The zero-order valence-corrected chi connectivity index (χ0v) is 26.0. The Balaban J connectivity index is 1.99. The number of carbonyl (C=O) groups excluding carboxylic acids is 2. The molecule has 0 spiro atoms. The minimum atomic E-state index is -3.88. The van der Waals surface area contributed by atoms with Gasteiger partial charge in [-0.05, 0) is 51.5 Å². The van der Waals surface area contributed by atoms with Crippen LogP contribution in [0.2, 0.25) is 0 Å². The second-order valence-corrected chi connectivity index (χ2v) is 14.2. The molecule has 3 aromatic rings. The largest absolute Gasteiger partial charge is 0.294 e. The summed E-state index contributed by atoms with van der Waals surface area (Å²) in [5.74, 6) is -1.67. The summed E-state index contributed by atoms with van der Waals surface area (Å²) >= 11 is 0. The molecule has 222 valence electrons. The van der Waals surface area contributed by atoms with E-state index in [1.54, 1.807) is 42.5 Å². The lowest BCUT2D eigenvalue weighted by Crippen LogP contribution is -2.25. The Morgan fingerprint density at radius 3 is 1.57 bits per heavy atom. The lowest BCUT2D eigenvalue weighted by atomic mass is 10.0. The SMILES string of the molecule is CCC/N=C(\C/C(CS(=O)(=O)c1ccc(C)cc1)=N\CC(=O)c1ccccc1C(C)=O)CS(=O)(=O)c1ccc(C)cc1. The van der Waals surface area contributed by atoms with Gasteiger partial charge in [0.1, 0.15) is 6.54 Å². The molecular weight excluding hydrogens is 572 g/mol. The number of Topliss-reactive ketones (excluding diaryl/α,β-unsaturated/α-hetero) is 2. The van der Waals surface area contributed by atoms with Gasteiger partial charge in [0.25, 0.3) is 0 Å². The third-order valence-electron chi connectivity index (χ3n) is 6.49. The topological polar surface area (TPSA) is 127 Å². The summed E-state index contributed by atoms with van der Waals surface area (Å²) in [6.07, 6.45) is 0.514. The number of aryl methyl sites for hydroxylation is 2. The van der Waals surface area contributed by atoms with Crippen molar-refractivity contribution < 1.29 is 26.4 Å². The first kappa shape index (κ1) is 32.8. The van der Waals surface area contributed by atoms with Gasteiger partial charge in [-0.25, -0.2) is 16.8 Å². The fourth-order valence-electron chi connectivity index (χ4n) is 4.21. The van der Waals surface area contributed by atoms with Gasteiger partial charge in [-0.2, -0.15) is 0 Å². The van der Waals surface area contributed by atoms with Crippen molar-refractivity contribution in [3.63, 3.8) is 0 Å². The average molecular weight is 609 g/mol. The first-order chi connectivity index (χ1) is 19.8. The number of ketones is 2. The van der Waals surface area contributed by atoms with E-state index in [2.05, 4.69) is 9.98 Å². The third kappa shape index (κ3) is 9.12. The predicted molar refractivity (Wildman–Crippen MR) is 167 cm³/mol. The van der Waals surface area contributed by atoms with Gasteiger partial charge in [-0.15, -0.1) is 0 Å². The molecule has 3 rings (SSSR count). The summed E-state index contributed by atoms with van der Waals surface area (Å²) < 4.78 is 53.3. The van der Waals surface area contributed by atoms with Crippen molar-refractivity contribution in [1.29, 1.82) is 0 Å². The second-order valence-electron chi connectivity index (χ2n) is 10.2. The van der Waals surface area contributed by atoms with Crippen molar-refractivity contribution in [2.45, 2.75) is 50.3 Å². The highest BCUT2D eigenvalue weighted by Gasteiger charge is 2.24. The van der Waals surface area contributed by atoms with E-state index in [1.165, 1.54) is 37.3 Å². The van der Waals surface area contributed by atoms with E-state index < -0.39 is 43.5 Å². The molecule has 0 radical (unpaired) electrons. The number of aliphatic imine (C=N–C) groups is 2. The lowest BCUT2D eigenvalue weighted by Gasteiger charge is -2.13. The molecule has 0 aliphatic rings. The molecule has 0 heterocycles. The molecule has 10 heteroatoms. The summed E-state index contributed by atoms with van der Waals surface area (Å²) in [5, 5.41) is 0. The number of hydrogen-bond acceptors (Lipinski definition) is 8. The summed E-state index contributed by atoms with van der Waals surface area (Å²) in [5.41, 5.74) is 2.62. The maximum Gasteiger partial charge on any atom is 0.184 e. The van der Waals surface area contributed by atoms with E-state index in [9.17, 15) is 26.4 Å². The second kappa shape index (κ2) is 14.4. The molecule has 0 amide bonds. The summed E-state index contributed by atoms with van der Waals surface area (Å²) in [7, 11) is -7.66. The standard InChI is InChI=1S/C32H36N2O6S2/c1-5-18-33-26(21-41(37,38)28-14-10-23(2)11-15-28)19-27(22-42(39,40)29-16-12-24(3)13-17-29)34-20-32(36)31-9-7-6-8-30(31)25(4)35/h6-17H,5,18-22H2,1-4H3/b33-26+,34-27+. The molecule has 0 saturated heterocycles. The smallest absolute Gasteiger partial charge is 0.184 e. The zero-order chi connectivity index (χ0) is 30.9. The maximum atomic E-state index is 13.4. The molecule has 3 aromatic carbocycles. The van der Waals surface area contributed by atoms with Crippen LogP contribution in [0.1, 0.15) is 58.5 Å². The van der Waals surface area contributed by atoms with Crippen molar-refractivity contribution in [3.05, 3.63) is 95.1 Å². The molecule has 0 bridgehead atoms. The molecule has 0 aromatic heterocycles. The third-order valence-corrected chi connectivity index (χ3v) is 9.90. The van der Waals surface area contributed by atoms with E-state index in [1.807, 2.05) is 20.8 Å². The van der Waals surface area contributed by atoms with Crippen molar-refractivity contribution in [2.24, 2.45) is 9.98 Å². The summed E-state index contributed by atoms with van der Waals surface area (Å²) in [4.78, 5) is 34.3. The Kier molecular flexibility index (Phi) is 11.2. The highest BCUT2D eigenvalue weighted by atomic mass is 32.2. The van der Waals surface area contributed by atoms with E-state index in [0.717, 1.165) is 11.1 Å². The Labute approximate surface area is 248 Å². The van der Waals surface area contributed by atoms with Gasteiger partial charge < -0.3 is 0 Å². The maximum absolute atomic E-state index is 13.4. The van der Waals surface area contributed by atoms with Crippen LogP contribution in [-0.4, -0.2) is 64.4 Å². The fraction of sp³-hybridized carbons (Fsp3) is 0.312. The first-order valence-corrected chi connectivity index (χ1v) is 16.9. The number of hydrogen-bond donors (Lipinski definition) is 0. The highest BCUT2D eigenvalue weighted by Crippen LogP contribution is 2.17. The van der Waals surface area contributed by atoms with Gasteiger partial charge in [0.2, 0.25) is 0 Å². The average Bonchev–Trinajstić information content (AvgIpc) is 2.94. The van der Waals surface area contributed by atoms with Crippen molar-refractivity contribution >= 4 is 42.7 Å². The van der Waals surface area contributed by atoms with Gasteiger partial charge >= 0.3 is 0 Å². The lowest BCUT2D eigenvalue weighted by molar-refractivity contribution is 0.0975. The molecular formula is C32H36N2O6S2. The fourth-order valence-corrected chi connectivity index (χ4v) is 6.91. The molecule has 0 saturated carbocycles. The van der Waals surface area contributed by atoms with Crippen LogP contribution in [-0.2, 0) is 19.7 Å². The Morgan fingerprint density at radius 2 is 1.12 bits per heavy atom. The van der Waals surface area contributed by atoms with Crippen molar-refractivity contribution in [2.75, 3.05) is 24.6 Å². The van der Waals surface area contributed by atoms with E-state index >= 15 is 0 Å². The number of carbonyl (C=O) groups is 2. The van der Waals surface area contributed by atoms with Crippen LogP contribution in [0.15, 0.2) is 92.6 Å². The summed E-state index contributed by atoms with van der Waals surface area (Å²) in [6.45, 7) is 6.91. The Hall–Kier alpha value is -3.76. The summed E-state index contributed by atoms with van der Waals surface area (Å²) in [6, 6.07) is 19.2. The van der Waals surface area contributed by atoms with Crippen LogP contribution in [0.25, 0.3) is 0 Å². The Morgan fingerprint density at radius 1 is 0.667 bits per heavy atom. The number of sulfone groups is 2. The number of benzene rings is 3. The van der Waals surface area contributed by atoms with E-state index in [0.29, 0.717) is 13.0 Å². The minimum absolute atomic E-state index is 0.0911. The first-order valence-electron chi connectivity index (χ1n) is 13.6. The number of nitrogens with zero attached hydrogens (tertiary/aromatic N) is 2. The van der Waals surface area contributed by atoms with Crippen LogP contribution in [0.4, 0.5) is 0 Å². The quantitative estimate of drug-likeness (QED) is 0.180. The van der Waals surface area contributed by atoms with Crippen LogP contribution < -0.4 is 0 Å². The van der Waals surface area contributed by atoms with Crippen LogP contribution in [0.5, 0.6) is 0 Å². The molecule has 0 N–H and O–H groups in total. The van der Waals surface area contributed by atoms with Crippen molar-refractivity contribution in [3.8, 4) is 0 Å². The molecule has 0 aliphatic heterocycles. The monoisotopic (exact) mass is 608 g/mol. The van der Waals surface area contributed by atoms with E-state index in [4.69, 9.17) is 0 Å². The zero-order valence-electron chi connectivity index (χ0n) is 24.3. The van der Waals surface area contributed by atoms with Gasteiger partial charge in [-0.1, -0.05) is 66.6 Å². The van der Waals surface area contributed by atoms with Crippen LogP contribution in [0, 0.1) is 13.8 Å². The predicted octanol–water partition coefficient (Wildman–Crippen LogP) is 5.32. The highest BCUT2D eigenvalue weighted by molar-refractivity contribution is 7.92. The van der Waals surface area contributed by atoms with Crippen molar-refractivity contribution in [1.82, 2.24) is 0 Å². The molecule has 42 heavy (non-hydrogen) atoms. The van der Waals surface area contributed by atoms with Gasteiger partial charge in [0, 0.05) is 35.5 Å². The molecule has 0 aliphatic carbocycles. The molecule has 0 unspecified atom stereocenters. The van der Waals surface area contributed by atoms with Gasteiger partial charge in [0.05, 0.1) is 21.3 Å². The minimum Gasteiger partial charge on any atom is -0.294 e. The van der Waals surface area contributed by atoms with Crippen LogP contribution in [0.3, 0.4) is 0 Å². The van der Waals surface area contributed by atoms with Gasteiger partial charge in [0.15, 0.2) is 31.2 Å². The molecule has 8 nitrogen and oxygen atoms in total. The number of rotatable bonds is 14. The molecule has 0 atom stereocenters. The normalized spacial score (nSPS) is 12.8. The van der Waals surface area contributed by atoms with Gasteiger partial charge in [-0.3, -0.25) is 19.6 Å².